The molecule has 1 fully saturated rings. The largest absolute Gasteiger partial charge is 0.396 e. The Kier molecular flexibility index (Phi) is 5.99. The van der Waals surface area contributed by atoms with Gasteiger partial charge in [-0.15, -0.1) is 0 Å². The average molecular weight is 284 g/mol. The van der Waals surface area contributed by atoms with E-state index in [2.05, 4.69) is 6.92 Å². The number of hydrogen-bond acceptors (Lipinski definition) is 3. The Hall–Kier alpha value is -1.10. The number of carbonyl (C=O) groups excluding carboxylic acids is 2. The fourth-order valence-electron chi connectivity index (χ4n) is 3.25. The molecule has 0 radical (unpaired) electrons. The topological polar surface area (TPSA) is 60.9 Å². The quantitative estimate of drug-likeness (QED) is 0.785. The molecule has 1 N–H and O–H groups in total. The number of hydrogen-bond donors (Lipinski definition) is 1. The summed E-state index contributed by atoms with van der Waals surface area (Å²) in [6, 6.07) is 0. The number of rotatable bonds is 6. The SMILES string of the molecule is CC1C(CO)C(CC(=O)N(C)C)C1CCC(=O)N(C)C. The van der Waals surface area contributed by atoms with Crippen molar-refractivity contribution in [1.29, 1.82) is 0 Å². The van der Waals surface area contributed by atoms with Crippen LogP contribution in [0.4, 0.5) is 0 Å². The van der Waals surface area contributed by atoms with Crippen LogP contribution in [0.2, 0.25) is 0 Å². The molecule has 1 saturated carbocycles. The molecular weight excluding hydrogens is 256 g/mol. The maximum Gasteiger partial charge on any atom is 0.222 e. The molecule has 2 amide bonds. The summed E-state index contributed by atoms with van der Waals surface area (Å²) >= 11 is 0. The zero-order valence-corrected chi connectivity index (χ0v) is 13.3. The van der Waals surface area contributed by atoms with E-state index >= 15 is 0 Å². The normalized spacial score (nSPS) is 28.7. The van der Waals surface area contributed by atoms with Crippen molar-refractivity contribution in [1.82, 2.24) is 9.80 Å². The Labute approximate surface area is 121 Å². The van der Waals surface area contributed by atoms with E-state index in [9.17, 15) is 14.7 Å². The van der Waals surface area contributed by atoms with Crippen molar-refractivity contribution in [3.05, 3.63) is 0 Å². The van der Waals surface area contributed by atoms with Crippen LogP contribution < -0.4 is 0 Å². The number of nitrogens with zero attached hydrogens (tertiary/aromatic N) is 2. The average Bonchev–Trinajstić information content (AvgIpc) is 2.38. The molecule has 116 valence electrons. The van der Waals surface area contributed by atoms with E-state index in [0.717, 1.165) is 6.42 Å². The van der Waals surface area contributed by atoms with Gasteiger partial charge in [0, 0.05) is 47.6 Å². The lowest BCUT2D eigenvalue weighted by atomic mass is 9.55. The van der Waals surface area contributed by atoms with Crippen LogP contribution in [-0.2, 0) is 9.59 Å². The molecule has 0 aromatic heterocycles. The number of aliphatic hydroxyl groups is 1. The minimum atomic E-state index is 0.101. The summed E-state index contributed by atoms with van der Waals surface area (Å²) in [5.41, 5.74) is 0. The van der Waals surface area contributed by atoms with E-state index in [1.54, 1.807) is 38.0 Å². The highest BCUT2D eigenvalue weighted by atomic mass is 16.3. The highest BCUT2D eigenvalue weighted by molar-refractivity contribution is 5.76. The second-order valence-corrected chi connectivity index (χ2v) is 6.35. The number of carbonyl (C=O) groups is 2. The monoisotopic (exact) mass is 284 g/mol. The molecule has 5 nitrogen and oxygen atoms in total. The Bertz CT molecular complexity index is 355. The van der Waals surface area contributed by atoms with Crippen molar-refractivity contribution in [2.75, 3.05) is 34.8 Å². The Morgan fingerprint density at radius 3 is 1.95 bits per heavy atom. The van der Waals surface area contributed by atoms with Crippen molar-refractivity contribution >= 4 is 11.8 Å². The van der Waals surface area contributed by atoms with Gasteiger partial charge in [0.15, 0.2) is 0 Å². The molecule has 1 rings (SSSR count). The Balaban J connectivity index is 2.59. The minimum Gasteiger partial charge on any atom is -0.396 e. The van der Waals surface area contributed by atoms with Crippen LogP contribution in [0.1, 0.15) is 26.2 Å². The van der Waals surface area contributed by atoms with Crippen molar-refractivity contribution in [2.24, 2.45) is 23.7 Å². The highest BCUT2D eigenvalue weighted by Gasteiger charge is 2.47. The first-order chi connectivity index (χ1) is 9.29. The van der Waals surface area contributed by atoms with E-state index < -0.39 is 0 Å². The van der Waals surface area contributed by atoms with Gasteiger partial charge in [0.25, 0.3) is 0 Å². The standard InChI is InChI=1S/C15H28N2O3/c1-10-11(6-7-14(19)16(2)3)12(13(10)9-18)8-15(20)17(4)5/h10-13,18H,6-9H2,1-5H3. The molecule has 0 aliphatic heterocycles. The van der Waals surface area contributed by atoms with Crippen LogP contribution >= 0.6 is 0 Å². The van der Waals surface area contributed by atoms with E-state index in [1.807, 2.05) is 0 Å². The van der Waals surface area contributed by atoms with Crippen molar-refractivity contribution < 1.29 is 14.7 Å². The lowest BCUT2D eigenvalue weighted by molar-refractivity contribution is -0.137. The fraction of sp³-hybridized carbons (Fsp3) is 0.867. The summed E-state index contributed by atoms with van der Waals surface area (Å²) in [6.07, 6.45) is 1.80. The summed E-state index contributed by atoms with van der Waals surface area (Å²) in [4.78, 5) is 26.8. The van der Waals surface area contributed by atoms with Crippen molar-refractivity contribution in [3.8, 4) is 0 Å². The lowest BCUT2D eigenvalue weighted by Crippen LogP contribution is -2.49. The summed E-state index contributed by atoms with van der Waals surface area (Å²) in [5.74, 6) is 1.37. The summed E-state index contributed by atoms with van der Waals surface area (Å²) in [6.45, 7) is 2.24. The minimum absolute atomic E-state index is 0.101. The smallest absolute Gasteiger partial charge is 0.222 e. The van der Waals surface area contributed by atoms with Crippen LogP contribution in [0, 0.1) is 23.7 Å². The summed E-state index contributed by atoms with van der Waals surface area (Å²) in [5, 5.41) is 9.46. The van der Waals surface area contributed by atoms with Crippen LogP contribution in [0.15, 0.2) is 0 Å². The van der Waals surface area contributed by atoms with Gasteiger partial charge in [-0.3, -0.25) is 9.59 Å². The molecule has 0 aromatic carbocycles. The first-order valence-corrected chi connectivity index (χ1v) is 7.30. The molecule has 20 heavy (non-hydrogen) atoms. The van der Waals surface area contributed by atoms with Gasteiger partial charge in [-0.05, 0) is 30.1 Å². The molecular formula is C15H28N2O3. The molecule has 0 saturated heterocycles. The fourth-order valence-corrected chi connectivity index (χ4v) is 3.25. The second kappa shape index (κ2) is 7.07. The number of aliphatic hydroxyl groups excluding tert-OH is 1. The van der Waals surface area contributed by atoms with E-state index in [-0.39, 0.29) is 30.3 Å². The lowest BCUT2D eigenvalue weighted by Gasteiger charge is -2.50. The third-order valence-electron chi connectivity index (χ3n) is 4.76. The molecule has 0 spiro atoms. The molecule has 5 heteroatoms. The second-order valence-electron chi connectivity index (χ2n) is 6.35. The van der Waals surface area contributed by atoms with E-state index in [0.29, 0.717) is 24.7 Å². The first kappa shape index (κ1) is 17.0. The van der Waals surface area contributed by atoms with Crippen LogP contribution in [-0.4, -0.2) is 61.5 Å². The zero-order chi connectivity index (χ0) is 15.4. The Morgan fingerprint density at radius 1 is 0.950 bits per heavy atom. The predicted octanol–water partition coefficient (Wildman–Crippen LogP) is 0.824. The van der Waals surface area contributed by atoms with Gasteiger partial charge < -0.3 is 14.9 Å². The van der Waals surface area contributed by atoms with E-state index in [1.165, 1.54) is 0 Å². The number of amides is 2. The van der Waals surface area contributed by atoms with Gasteiger partial charge in [0.2, 0.25) is 11.8 Å². The van der Waals surface area contributed by atoms with Crippen LogP contribution in [0.25, 0.3) is 0 Å². The van der Waals surface area contributed by atoms with E-state index in [4.69, 9.17) is 0 Å². The van der Waals surface area contributed by atoms with Gasteiger partial charge in [-0.2, -0.15) is 0 Å². The molecule has 4 unspecified atom stereocenters. The highest BCUT2D eigenvalue weighted by Crippen LogP contribution is 2.49. The molecule has 0 aromatic rings. The summed E-state index contributed by atoms with van der Waals surface area (Å²) in [7, 11) is 7.03. The van der Waals surface area contributed by atoms with Gasteiger partial charge in [-0.25, -0.2) is 0 Å². The molecule has 1 aliphatic carbocycles. The summed E-state index contributed by atoms with van der Waals surface area (Å²) < 4.78 is 0. The molecule has 0 heterocycles. The van der Waals surface area contributed by atoms with Gasteiger partial charge in [0.1, 0.15) is 0 Å². The molecule has 1 aliphatic rings. The van der Waals surface area contributed by atoms with Crippen LogP contribution in [0.5, 0.6) is 0 Å². The Morgan fingerprint density at radius 2 is 1.50 bits per heavy atom. The van der Waals surface area contributed by atoms with Crippen LogP contribution in [0.3, 0.4) is 0 Å². The molecule has 0 bridgehead atoms. The molecule has 4 atom stereocenters. The van der Waals surface area contributed by atoms with Gasteiger partial charge in [0.05, 0.1) is 0 Å². The first-order valence-electron chi connectivity index (χ1n) is 7.30. The third-order valence-corrected chi connectivity index (χ3v) is 4.76. The zero-order valence-electron chi connectivity index (χ0n) is 13.3. The van der Waals surface area contributed by atoms with Crippen molar-refractivity contribution in [3.63, 3.8) is 0 Å². The van der Waals surface area contributed by atoms with Crippen molar-refractivity contribution in [2.45, 2.75) is 26.2 Å². The van der Waals surface area contributed by atoms with Gasteiger partial charge >= 0.3 is 0 Å². The predicted molar refractivity (Wildman–Crippen MR) is 78.0 cm³/mol. The maximum atomic E-state index is 11.9. The third kappa shape index (κ3) is 3.72. The van der Waals surface area contributed by atoms with Gasteiger partial charge in [-0.1, -0.05) is 6.92 Å². The maximum absolute atomic E-state index is 11.9.